The van der Waals surface area contributed by atoms with Crippen molar-refractivity contribution in [3.63, 3.8) is 0 Å². The van der Waals surface area contributed by atoms with E-state index in [-0.39, 0.29) is 16.6 Å². The van der Waals surface area contributed by atoms with Crippen LogP contribution < -0.4 is 0 Å². The molecule has 3 heteroatoms. The molecular formula is C18H30O2S. The second kappa shape index (κ2) is 6.51. The first-order valence-corrected chi connectivity index (χ1v) is 9.42. The zero-order valence-electron chi connectivity index (χ0n) is 14.4. The van der Waals surface area contributed by atoms with Crippen LogP contribution in [0.4, 0.5) is 0 Å². The van der Waals surface area contributed by atoms with Gasteiger partial charge in [-0.1, -0.05) is 60.1 Å². The molecule has 21 heavy (non-hydrogen) atoms. The summed E-state index contributed by atoms with van der Waals surface area (Å²) in [5.41, 5.74) is 1.49. The van der Waals surface area contributed by atoms with E-state index in [0.717, 1.165) is 12.8 Å². The van der Waals surface area contributed by atoms with Gasteiger partial charge in [0.2, 0.25) is 0 Å². The van der Waals surface area contributed by atoms with Crippen molar-refractivity contribution < 1.29 is 8.42 Å². The zero-order valence-corrected chi connectivity index (χ0v) is 15.2. The molecule has 2 nitrogen and oxygen atoms in total. The highest BCUT2D eigenvalue weighted by atomic mass is 32.2. The quantitative estimate of drug-likeness (QED) is 0.750. The first kappa shape index (κ1) is 18.2. The second-order valence-corrected chi connectivity index (χ2v) is 10.1. The van der Waals surface area contributed by atoms with Crippen LogP contribution in [0.3, 0.4) is 0 Å². The third kappa shape index (κ3) is 6.21. The number of hydrogen-bond donors (Lipinski definition) is 0. The SMILES string of the molecule is CCC(C)(C)CCS(=O)(=O)c1ccc(CC(C)(C)C)cc1. The molecule has 0 bridgehead atoms. The van der Waals surface area contributed by atoms with E-state index in [2.05, 4.69) is 41.5 Å². The number of sulfone groups is 1. The van der Waals surface area contributed by atoms with E-state index < -0.39 is 9.84 Å². The summed E-state index contributed by atoms with van der Waals surface area (Å²) in [6.45, 7) is 12.9. The Morgan fingerprint density at radius 1 is 0.952 bits per heavy atom. The Morgan fingerprint density at radius 3 is 1.90 bits per heavy atom. The Morgan fingerprint density at radius 2 is 1.48 bits per heavy atom. The summed E-state index contributed by atoms with van der Waals surface area (Å²) in [6.07, 6.45) is 2.65. The standard InChI is InChI=1S/C18H30O2S/c1-7-18(5,6)12-13-21(19,20)16-10-8-15(9-11-16)14-17(2,3)4/h8-11H,7,12-14H2,1-6H3. The van der Waals surface area contributed by atoms with Gasteiger partial charge >= 0.3 is 0 Å². The van der Waals surface area contributed by atoms with Gasteiger partial charge in [-0.05, 0) is 41.4 Å². The van der Waals surface area contributed by atoms with E-state index in [1.54, 1.807) is 12.1 Å². The molecule has 0 atom stereocenters. The lowest BCUT2D eigenvalue weighted by Crippen LogP contribution is -2.17. The average Bonchev–Trinajstić information content (AvgIpc) is 2.35. The minimum atomic E-state index is -3.16. The van der Waals surface area contributed by atoms with Crippen molar-refractivity contribution >= 4 is 9.84 Å². The van der Waals surface area contributed by atoms with Crippen molar-refractivity contribution in [3.8, 4) is 0 Å². The normalized spacial score (nSPS) is 13.4. The number of rotatable bonds is 6. The predicted octanol–water partition coefficient (Wildman–Crippen LogP) is 4.88. The number of hydrogen-bond acceptors (Lipinski definition) is 2. The summed E-state index contributed by atoms with van der Waals surface area (Å²) in [4.78, 5) is 0.451. The van der Waals surface area contributed by atoms with Gasteiger partial charge in [0.25, 0.3) is 0 Å². The average molecular weight is 311 g/mol. The van der Waals surface area contributed by atoms with E-state index in [1.807, 2.05) is 12.1 Å². The van der Waals surface area contributed by atoms with Gasteiger partial charge in [0.15, 0.2) is 9.84 Å². The lowest BCUT2D eigenvalue weighted by molar-refractivity contribution is 0.338. The molecule has 0 unspecified atom stereocenters. The Kier molecular flexibility index (Phi) is 5.65. The summed E-state index contributed by atoms with van der Waals surface area (Å²) in [5.74, 6) is 0.229. The molecule has 0 aliphatic carbocycles. The second-order valence-electron chi connectivity index (χ2n) is 7.97. The molecule has 0 amide bonds. The third-order valence-electron chi connectivity index (χ3n) is 4.02. The molecule has 0 N–H and O–H groups in total. The molecule has 0 aromatic heterocycles. The molecule has 0 fully saturated rings. The van der Waals surface area contributed by atoms with Crippen LogP contribution >= 0.6 is 0 Å². The largest absolute Gasteiger partial charge is 0.224 e. The molecule has 0 aliphatic heterocycles. The van der Waals surface area contributed by atoms with E-state index in [0.29, 0.717) is 11.3 Å². The third-order valence-corrected chi connectivity index (χ3v) is 5.75. The van der Waals surface area contributed by atoms with Crippen molar-refractivity contribution in [2.75, 3.05) is 5.75 Å². The Balaban J connectivity index is 2.81. The van der Waals surface area contributed by atoms with Crippen LogP contribution in [0.1, 0.15) is 59.9 Å². The van der Waals surface area contributed by atoms with Gasteiger partial charge in [-0.25, -0.2) is 8.42 Å². The topological polar surface area (TPSA) is 34.1 Å². The van der Waals surface area contributed by atoms with Crippen molar-refractivity contribution in [3.05, 3.63) is 29.8 Å². The van der Waals surface area contributed by atoms with Gasteiger partial charge in [-0.2, -0.15) is 0 Å². The minimum Gasteiger partial charge on any atom is -0.224 e. The zero-order chi connectivity index (χ0) is 16.3. The van der Waals surface area contributed by atoms with Gasteiger partial charge in [0.05, 0.1) is 10.6 Å². The van der Waals surface area contributed by atoms with Gasteiger partial charge in [-0.15, -0.1) is 0 Å². The van der Waals surface area contributed by atoms with E-state index in [9.17, 15) is 8.42 Å². The van der Waals surface area contributed by atoms with Gasteiger partial charge < -0.3 is 0 Å². The van der Waals surface area contributed by atoms with Gasteiger partial charge in [-0.3, -0.25) is 0 Å². The summed E-state index contributed by atoms with van der Waals surface area (Å²) in [6, 6.07) is 7.41. The Hall–Kier alpha value is -0.830. The lowest BCUT2D eigenvalue weighted by atomic mass is 9.87. The maximum Gasteiger partial charge on any atom is 0.178 e. The van der Waals surface area contributed by atoms with Crippen LogP contribution in [0.5, 0.6) is 0 Å². The fraction of sp³-hybridized carbons (Fsp3) is 0.667. The first-order valence-electron chi connectivity index (χ1n) is 7.77. The fourth-order valence-electron chi connectivity index (χ4n) is 2.13. The highest BCUT2D eigenvalue weighted by Crippen LogP contribution is 2.27. The Bertz CT molecular complexity index is 546. The molecule has 0 aliphatic rings. The van der Waals surface area contributed by atoms with Crippen molar-refractivity contribution in [1.29, 1.82) is 0 Å². The van der Waals surface area contributed by atoms with Crippen molar-refractivity contribution in [2.24, 2.45) is 10.8 Å². The summed E-state index contributed by atoms with van der Waals surface area (Å²) in [7, 11) is -3.16. The molecular weight excluding hydrogens is 280 g/mol. The highest BCUT2D eigenvalue weighted by Gasteiger charge is 2.21. The minimum absolute atomic E-state index is 0.0826. The van der Waals surface area contributed by atoms with Crippen molar-refractivity contribution in [2.45, 2.75) is 65.7 Å². The van der Waals surface area contributed by atoms with Crippen LogP contribution in [0, 0.1) is 10.8 Å². The van der Waals surface area contributed by atoms with Crippen molar-refractivity contribution in [1.82, 2.24) is 0 Å². The molecule has 0 saturated heterocycles. The summed E-state index contributed by atoms with van der Waals surface area (Å²) < 4.78 is 24.8. The fourth-order valence-corrected chi connectivity index (χ4v) is 3.74. The van der Waals surface area contributed by atoms with Gasteiger partial charge in [0.1, 0.15) is 0 Å². The van der Waals surface area contributed by atoms with Crippen LogP contribution in [-0.4, -0.2) is 14.2 Å². The molecule has 120 valence electrons. The molecule has 1 rings (SSSR count). The summed E-state index contributed by atoms with van der Waals surface area (Å²) >= 11 is 0. The molecule has 0 heterocycles. The molecule has 0 saturated carbocycles. The van der Waals surface area contributed by atoms with Crippen LogP contribution in [0.25, 0.3) is 0 Å². The first-order chi connectivity index (χ1) is 9.45. The Labute approximate surface area is 130 Å². The monoisotopic (exact) mass is 310 g/mol. The summed E-state index contributed by atoms with van der Waals surface area (Å²) in [5, 5.41) is 0. The van der Waals surface area contributed by atoms with E-state index in [1.165, 1.54) is 5.56 Å². The van der Waals surface area contributed by atoms with Crippen LogP contribution in [0.2, 0.25) is 0 Å². The molecule has 1 aromatic carbocycles. The number of benzene rings is 1. The lowest BCUT2D eigenvalue weighted by Gasteiger charge is -2.22. The van der Waals surface area contributed by atoms with Crippen LogP contribution in [0.15, 0.2) is 29.2 Å². The van der Waals surface area contributed by atoms with Crippen LogP contribution in [-0.2, 0) is 16.3 Å². The van der Waals surface area contributed by atoms with E-state index >= 15 is 0 Å². The van der Waals surface area contributed by atoms with Gasteiger partial charge in [0, 0.05) is 0 Å². The maximum atomic E-state index is 12.4. The molecule has 0 spiro atoms. The smallest absolute Gasteiger partial charge is 0.178 e. The molecule has 1 aromatic rings. The predicted molar refractivity (Wildman–Crippen MR) is 90.3 cm³/mol. The van der Waals surface area contributed by atoms with E-state index in [4.69, 9.17) is 0 Å². The molecule has 0 radical (unpaired) electrons. The maximum absolute atomic E-state index is 12.4. The highest BCUT2D eigenvalue weighted by molar-refractivity contribution is 7.91.